The molecule has 0 radical (unpaired) electrons. The van der Waals surface area contributed by atoms with Crippen LogP contribution >= 0.6 is 0 Å². The summed E-state index contributed by atoms with van der Waals surface area (Å²) in [5.74, 6) is -0.167. The summed E-state index contributed by atoms with van der Waals surface area (Å²) in [5.41, 5.74) is 7.88. The number of hydrogen-bond donors (Lipinski definition) is 3. The summed E-state index contributed by atoms with van der Waals surface area (Å²) in [4.78, 5) is 12.0. The quantitative estimate of drug-likeness (QED) is 0.746. The fourth-order valence-electron chi connectivity index (χ4n) is 2.33. The lowest BCUT2D eigenvalue weighted by molar-refractivity contribution is 0.0886. The number of carbonyl (C=O) groups excluding carboxylic acids is 1. The third-order valence-electron chi connectivity index (χ3n) is 3.83. The number of amides is 1. The fourth-order valence-corrected chi connectivity index (χ4v) is 2.33. The summed E-state index contributed by atoms with van der Waals surface area (Å²) in [6.45, 7) is 4.98. The Labute approximate surface area is 108 Å². The van der Waals surface area contributed by atoms with Crippen LogP contribution in [-0.2, 0) is 6.42 Å². The van der Waals surface area contributed by atoms with Crippen molar-refractivity contribution in [2.45, 2.75) is 46.0 Å². The number of aromatic amines is 1. The molecule has 1 aromatic rings. The lowest BCUT2D eigenvalue weighted by Crippen LogP contribution is -2.40. The minimum absolute atomic E-state index is 0.167. The Morgan fingerprint density at radius 1 is 1.56 bits per heavy atom. The van der Waals surface area contributed by atoms with Crippen molar-refractivity contribution in [3.63, 3.8) is 0 Å². The number of H-pyrrole nitrogens is 1. The molecule has 0 saturated heterocycles. The smallest absolute Gasteiger partial charge is 0.273 e. The van der Waals surface area contributed by atoms with Gasteiger partial charge >= 0.3 is 0 Å². The van der Waals surface area contributed by atoms with Gasteiger partial charge in [0.05, 0.1) is 11.4 Å². The Morgan fingerprint density at radius 3 is 2.83 bits per heavy atom. The Bertz CT molecular complexity index is 434. The van der Waals surface area contributed by atoms with E-state index in [9.17, 15) is 4.79 Å². The minimum atomic E-state index is -0.167. The molecule has 0 atom stereocenters. The molecular weight excluding hydrogens is 228 g/mol. The van der Waals surface area contributed by atoms with Crippen LogP contribution in [0.15, 0.2) is 0 Å². The molecule has 4 N–H and O–H groups in total. The molecule has 5 heteroatoms. The second kappa shape index (κ2) is 5.00. The molecule has 1 aromatic heterocycles. The van der Waals surface area contributed by atoms with Crippen molar-refractivity contribution in [1.29, 1.82) is 0 Å². The van der Waals surface area contributed by atoms with Crippen LogP contribution in [0.25, 0.3) is 0 Å². The Hall–Kier alpha value is -1.52. The van der Waals surface area contributed by atoms with Crippen LogP contribution in [0.4, 0.5) is 5.69 Å². The molecule has 18 heavy (non-hydrogen) atoms. The van der Waals surface area contributed by atoms with E-state index >= 15 is 0 Å². The lowest BCUT2D eigenvalue weighted by Gasteiger charge is -2.38. The van der Waals surface area contributed by atoms with Crippen molar-refractivity contribution in [2.75, 3.05) is 12.3 Å². The summed E-state index contributed by atoms with van der Waals surface area (Å²) in [6, 6.07) is 0. The molecule has 2 rings (SSSR count). The molecule has 100 valence electrons. The second-order valence-corrected chi connectivity index (χ2v) is 5.56. The van der Waals surface area contributed by atoms with Gasteiger partial charge in [-0.3, -0.25) is 9.89 Å². The van der Waals surface area contributed by atoms with E-state index in [1.54, 1.807) is 0 Å². The van der Waals surface area contributed by atoms with Gasteiger partial charge in [-0.25, -0.2) is 0 Å². The second-order valence-electron chi connectivity index (χ2n) is 5.56. The standard InChI is InChI=1S/C13H22N4O/c1-3-5-9-10(14)11(17-16-9)12(18)15-8-13(2)6-4-7-13/h3-8,14H2,1-2H3,(H,15,18)(H,16,17). The van der Waals surface area contributed by atoms with Gasteiger partial charge in [-0.05, 0) is 24.7 Å². The predicted molar refractivity (Wildman–Crippen MR) is 71.3 cm³/mol. The molecule has 1 heterocycles. The van der Waals surface area contributed by atoms with E-state index in [0.29, 0.717) is 17.9 Å². The zero-order chi connectivity index (χ0) is 13.2. The third-order valence-corrected chi connectivity index (χ3v) is 3.83. The first-order valence-electron chi connectivity index (χ1n) is 6.66. The number of anilines is 1. The molecule has 0 unspecified atom stereocenters. The van der Waals surface area contributed by atoms with Crippen molar-refractivity contribution in [3.05, 3.63) is 11.4 Å². The number of nitrogens with two attached hydrogens (primary N) is 1. The van der Waals surface area contributed by atoms with Gasteiger partial charge in [0.1, 0.15) is 0 Å². The number of carbonyl (C=O) groups is 1. The Morgan fingerprint density at radius 2 is 2.28 bits per heavy atom. The van der Waals surface area contributed by atoms with Gasteiger partial charge in [0.25, 0.3) is 5.91 Å². The summed E-state index contributed by atoms with van der Waals surface area (Å²) in [5, 5.41) is 9.80. The first-order chi connectivity index (χ1) is 8.56. The Kier molecular flexibility index (Phi) is 3.59. The van der Waals surface area contributed by atoms with E-state index in [1.807, 2.05) is 0 Å². The van der Waals surface area contributed by atoms with Gasteiger partial charge in [0.15, 0.2) is 5.69 Å². The molecule has 0 aliphatic heterocycles. The van der Waals surface area contributed by atoms with Crippen LogP contribution < -0.4 is 11.1 Å². The van der Waals surface area contributed by atoms with Crippen molar-refractivity contribution in [1.82, 2.24) is 15.5 Å². The number of rotatable bonds is 5. The topological polar surface area (TPSA) is 83.8 Å². The van der Waals surface area contributed by atoms with Crippen LogP contribution in [0.1, 0.15) is 55.7 Å². The highest BCUT2D eigenvalue weighted by Gasteiger charge is 2.32. The highest BCUT2D eigenvalue weighted by atomic mass is 16.1. The maximum absolute atomic E-state index is 12.0. The molecule has 1 saturated carbocycles. The third kappa shape index (κ3) is 2.49. The Balaban J connectivity index is 1.96. The zero-order valence-electron chi connectivity index (χ0n) is 11.2. The number of aromatic nitrogens is 2. The van der Waals surface area contributed by atoms with Crippen molar-refractivity contribution >= 4 is 11.6 Å². The number of nitrogen functional groups attached to an aromatic ring is 1. The molecule has 5 nitrogen and oxygen atoms in total. The van der Waals surface area contributed by atoms with Crippen molar-refractivity contribution in [3.8, 4) is 0 Å². The van der Waals surface area contributed by atoms with Gasteiger partial charge in [0, 0.05) is 6.54 Å². The average molecular weight is 250 g/mol. The van der Waals surface area contributed by atoms with Crippen LogP contribution in [0.3, 0.4) is 0 Å². The number of nitrogens with zero attached hydrogens (tertiary/aromatic N) is 1. The maximum atomic E-state index is 12.0. The molecule has 1 aliphatic rings. The van der Waals surface area contributed by atoms with Crippen LogP contribution in [-0.4, -0.2) is 22.6 Å². The highest BCUT2D eigenvalue weighted by Crippen LogP contribution is 2.39. The number of aryl methyl sites for hydroxylation is 1. The van der Waals surface area contributed by atoms with Crippen molar-refractivity contribution < 1.29 is 4.79 Å². The summed E-state index contributed by atoms with van der Waals surface area (Å²) >= 11 is 0. The number of nitrogens with one attached hydrogen (secondary N) is 2. The first-order valence-corrected chi connectivity index (χ1v) is 6.66. The van der Waals surface area contributed by atoms with Crippen LogP contribution in [0.5, 0.6) is 0 Å². The first kappa shape index (κ1) is 12.9. The monoisotopic (exact) mass is 250 g/mol. The highest BCUT2D eigenvalue weighted by molar-refractivity contribution is 5.97. The molecule has 0 aromatic carbocycles. The van der Waals surface area contributed by atoms with E-state index < -0.39 is 0 Å². The molecule has 1 fully saturated rings. The van der Waals surface area contributed by atoms with Crippen molar-refractivity contribution in [2.24, 2.45) is 5.41 Å². The minimum Gasteiger partial charge on any atom is -0.395 e. The van der Waals surface area contributed by atoms with E-state index in [2.05, 4.69) is 29.4 Å². The SMILES string of the molecule is CCCc1[nH]nc(C(=O)NCC2(C)CCC2)c1N. The van der Waals surface area contributed by atoms with Gasteiger partial charge in [0.2, 0.25) is 0 Å². The summed E-state index contributed by atoms with van der Waals surface area (Å²) < 4.78 is 0. The summed E-state index contributed by atoms with van der Waals surface area (Å²) in [6.07, 6.45) is 5.43. The van der Waals surface area contributed by atoms with E-state index in [1.165, 1.54) is 19.3 Å². The van der Waals surface area contributed by atoms with Gasteiger partial charge < -0.3 is 11.1 Å². The molecular formula is C13H22N4O. The number of hydrogen-bond acceptors (Lipinski definition) is 3. The largest absolute Gasteiger partial charge is 0.395 e. The summed E-state index contributed by atoms with van der Waals surface area (Å²) in [7, 11) is 0. The maximum Gasteiger partial charge on any atom is 0.273 e. The predicted octanol–water partition coefficient (Wildman–Crippen LogP) is 1.86. The van der Waals surface area contributed by atoms with E-state index in [0.717, 1.165) is 18.5 Å². The lowest BCUT2D eigenvalue weighted by atomic mass is 9.70. The van der Waals surface area contributed by atoms with E-state index in [-0.39, 0.29) is 11.3 Å². The fraction of sp³-hybridized carbons (Fsp3) is 0.692. The van der Waals surface area contributed by atoms with E-state index in [4.69, 9.17) is 5.73 Å². The van der Waals surface area contributed by atoms with Gasteiger partial charge in [-0.2, -0.15) is 5.10 Å². The molecule has 0 bridgehead atoms. The zero-order valence-corrected chi connectivity index (χ0v) is 11.2. The van der Waals surface area contributed by atoms with Crippen LogP contribution in [0.2, 0.25) is 0 Å². The average Bonchev–Trinajstić information content (AvgIpc) is 2.66. The van der Waals surface area contributed by atoms with Gasteiger partial charge in [-0.1, -0.05) is 26.7 Å². The molecule has 1 aliphatic carbocycles. The van der Waals surface area contributed by atoms with Crippen LogP contribution in [0, 0.1) is 5.41 Å². The van der Waals surface area contributed by atoms with Gasteiger partial charge in [-0.15, -0.1) is 0 Å². The normalized spacial score (nSPS) is 17.2. The molecule has 0 spiro atoms. The molecule has 1 amide bonds.